The Morgan fingerprint density at radius 2 is 2.08 bits per heavy atom. The molecule has 0 bridgehead atoms. The zero-order valence-corrected chi connectivity index (χ0v) is 15.8. The van der Waals surface area contributed by atoms with Crippen molar-refractivity contribution in [3.63, 3.8) is 0 Å². The Morgan fingerprint density at radius 3 is 2.68 bits per heavy atom. The molecule has 0 aliphatic carbocycles. The molecule has 2 aromatic rings. The number of ether oxygens (including phenoxy) is 1. The SMILES string of the molecule is COc1ccc(CN2CCC(c3nnsc3S(C)(=O)=O)CC2)cc1O. The number of methoxy groups -OCH3 is 1. The predicted octanol–water partition coefficient (Wildman–Crippen LogP) is 2.04. The van der Waals surface area contributed by atoms with E-state index in [9.17, 15) is 13.5 Å². The van der Waals surface area contributed by atoms with Crippen LogP contribution in [0.15, 0.2) is 22.4 Å². The van der Waals surface area contributed by atoms with Crippen LogP contribution >= 0.6 is 11.5 Å². The molecule has 1 aliphatic rings. The van der Waals surface area contributed by atoms with Crippen LogP contribution in [0.4, 0.5) is 0 Å². The molecule has 1 aromatic heterocycles. The van der Waals surface area contributed by atoms with Gasteiger partial charge in [0.25, 0.3) is 0 Å². The van der Waals surface area contributed by atoms with E-state index in [2.05, 4.69) is 14.5 Å². The molecule has 9 heteroatoms. The van der Waals surface area contributed by atoms with Gasteiger partial charge in [-0.1, -0.05) is 10.6 Å². The second kappa shape index (κ2) is 7.27. The Kier molecular flexibility index (Phi) is 5.26. The largest absolute Gasteiger partial charge is 0.504 e. The summed E-state index contributed by atoms with van der Waals surface area (Å²) < 4.78 is 32.9. The number of phenols is 1. The van der Waals surface area contributed by atoms with Crippen LogP contribution in [0.5, 0.6) is 11.5 Å². The van der Waals surface area contributed by atoms with Crippen molar-refractivity contribution < 1.29 is 18.3 Å². The number of piperidine rings is 1. The van der Waals surface area contributed by atoms with Gasteiger partial charge in [-0.15, -0.1) is 5.10 Å². The van der Waals surface area contributed by atoms with E-state index in [4.69, 9.17) is 4.74 Å². The first kappa shape index (κ1) is 18.1. The molecule has 2 heterocycles. The molecule has 0 radical (unpaired) electrons. The number of benzene rings is 1. The van der Waals surface area contributed by atoms with Crippen LogP contribution in [-0.4, -0.2) is 54.5 Å². The molecule has 0 saturated carbocycles. The van der Waals surface area contributed by atoms with Crippen molar-refractivity contribution in [2.75, 3.05) is 26.5 Å². The Hall–Kier alpha value is -1.71. The highest BCUT2D eigenvalue weighted by molar-refractivity contribution is 7.92. The lowest BCUT2D eigenvalue weighted by Gasteiger charge is -2.31. The van der Waals surface area contributed by atoms with Crippen LogP contribution in [0.2, 0.25) is 0 Å². The minimum atomic E-state index is -3.27. The molecule has 3 rings (SSSR count). The molecular formula is C16H21N3O4S2. The zero-order valence-electron chi connectivity index (χ0n) is 14.2. The van der Waals surface area contributed by atoms with Crippen molar-refractivity contribution in [1.29, 1.82) is 0 Å². The standard InChI is InChI=1S/C16H21N3O4S2/c1-23-14-4-3-11(9-13(14)20)10-19-7-5-12(6-8-19)15-16(24-18-17-15)25(2,21)22/h3-4,9,12,20H,5-8,10H2,1-2H3. The molecule has 1 aromatic carbocycles. The van der Waals surface area contributed by atoms with Crippen LogP contribution in [0.25, 0.3) is 0 Å². The molecule has 0 atom stereocenters. The number of nitrogens with zero attached hydrogens (tertiary/aromatic N) is 3. The summed E-state index contributed by atoms with van der Waals surface area (Å²) in [6.45, 7) is 2.43. The third kappa shape index (κ3) is 4.10. The van der Waals surface area contributed by atoms with Gasteiger partial charge >= 0.3 is 0 Å². The summed E-state index contributed by atoms with van der Waals surface area (Å²) in [6.07, 6.45) is 2.89. The molecule has 1 N–H and O–H groups in total. The van der Waals surface area contributed by atoms with E-state index in [1.54, 1.807) is 12.1 Å². The molecule has 25 heavy (non-hydrogen) atoms. The average molecular weight is 383 g/mol. The smallest absolute Gasteiger partial charge is 0.188 e. The van der Waals surface area contributed by atoms with Gasteiger partial charge < -0.3 is 9.84 Å². The summed E-state index contributed by atoms with van der Waals surface area (Å²) in [5, 5.41) is 14.0. The maximum Gasteiger partial charge on any atom is 0.188 e. The van der Waals surface area contributed by atoms with Gasteiger partial charge in [0.05, 0.1) is 12.8 Å². The molecule has 136 valence electrons. The van der Waals surface area contributed by atoms with Crippen LogP contribution in [0, 0.1) is 0 Å². The number of aromatic hydroxyl groups is 1. The summed E-state index contributed by atoms with van der Waals surface area (Å²) in [6, 6.07) is 5.42. The summed E-state index contributed by atoms with van der Waals surface area (Å²) in [4.78, 5) is 2.29. The Labute approximate surface area is 151 Å². The van der Waals surface area contributed by atoms with Crippen LogP contribution in [0.3, 0.4) is 0 Å². The first-order chi connectivity index (χ1) is 11.9. The highest BCUT2D eigenvalue weighted by Gasteiger charge is 2.28. The molecule has 0 amide bonds. The molecular weight excluding hydrogens is 362 g/mol. The minimum Gasteiger partial charge on any atom is -0.504 e. The van der Waals surface area contributed by atoms with Gasteiger partial charge in [-0.25, -0.2) is 8.42 Å². The van der Waals surface area contributed by atoms with Crippen LogP contribution in [0.1, 0.15) is 30.0 Å². The zero-order chi connectivity index (χ0) is 18.0. The fourth-order valence-corrected chi connectivity index (χ4v) is 4.88. The Morgan fingerprint density at radius 1 is 1.36 bits per heavy atom. The van der Waals surface area contributed by atoms with E-state index in [1.807, 2.05) is 6.07 Å². The first-order valence-corrected chi connectivity index (χ1v) is 10.7. The Bertz CT molecular complexity index is 843. The number of rotatable bonds is 5. The number of likely N-dealkylation sites (tertiary alicyclic amines) is 1. The van der Waals surface area contributed by atoms with E-state index < -0.39 is 9.84 Å². The first-order valence-electron chi connectivity index (χ1n) is 7.99. The summed E-state index contributed by atoms with van der Waals surface area (Å²) in [7, 11) is -1.75. The molecule has 0 unspecified atom stereocenters. The fourth-order valence-electron chi connectivity index (χ4n) is 3.15. The van der Waals surface area contributed by atoms with Crippen molar-refractivity contribution in [2.45, 2.75) is 29.5 Å². The highest BCUT2D eigenvalue weighted by Crippen LogP contribution is 2.33. The fraction of sp³-hybridized carbons (Fsp3) is 0.500. The summed E-state index contributed by atoms with van der Waals surface area (Å²) in [5.41, 5.74) is 1.64. The molecule has 7 nitrogen and oxygen atoms in total. The molecule has 1 saturated heterocycles. The van der Waals surface area contributed by atoms with Crippen molar-refractivity contribution in [2.24, 2.45) is 0 Å². The van der Waals surface area contributed by atoms with Gasteiger partial charge in [-0.3, -0.25) is 4.90 Å². The number of hydrogen-bond acceptors (Lipinski definition) is 8. The quantitative estimate of drug-likeness (QED) is 0.844. The topological polar surface area (TPSA) is 92.6 Å². The van der Waals surface area contributed by atoms with Gasteiger partial charge in [-0.05, 0) is 43.6 Å². The lowest BCUT2D eigenvalue weighted by Crippen LogP contribution is -2.32. The van der Waals surface area contributed by atoms with Crippen molar-refractivity contribution in [1.82, 2.24) is 14.5 Å². The monoisotopic (exact) mass is 383 g/mol. The second-order valence-electron chi connectivity index (χ2n) is 6.27. The third-order valence-corrected chi connectivity index (χ3v) is 6.99. The van der Waals surface area contributed by atoms with Crippen molar-refractivity contribution in [3.05, 3.63) is 29.5 Å². The maximum absolute atomic E-state index is 11.8. The number of aromatic nitrogens is 2. The summed E-state index contributed by atoms with van der Waals surface area (Å²) in [5.74, 6) is 0.733. The molecule has 1 aliphatic heterocycles. The van der Waals surface area contributed by atoms with E-state index in [1.165, 1.54) is 13.4 Å². The number of phenolic OH excluding ortho intramolecular Hbond substituents is 1. The van der Waals surface area contributed by atoms with E-state index in [-0.39, 0.29) is 11.7 Å². The van der Waals surface area contributed by atoms with E-state index in [0.717, 1.165) is 49.6 Å². The summed E-state index contributed by atoms with van der Waals surface area (Å²) >= 11 is 0.956. The number of hydrogen-bond donors (Lipinski definition) is 1. The van der Waals surface area contributed by atoms with Gasteiger partial charge in [0.15, 0.2) is 25.5 Å². The normalized spacial score (nSPS) is 16.9. The second-order valence-corrected chi connectivity index (χ2v) is 9.24. The van der Waals surface area contributed by atoms with Crippen molar-refractivity contribution in [3.8, 4) is 11.5 Å². The van der Waals surface area contributed by atoms with Gasteiger partial charge in [0, 0.05) is 30.3 Å². The number of sulfone groups is 1. The van der Waals surface area contributed by atoms with Crippen LogP contribution in [-0.2, 0) is 16.4 Å². The van der Waals surface area contributed by atoms with Gasteiger partial charge in [-0.2, -0.15) is 0 Å². The van der Waals surface area contributed by atoms with Crippen molar-refractivity contribution >= 4 is 21.4 Å². The molecule has 0 spiro atoms. The predicted molar refractivity (Wildman–Crippen MR) is 94.9 cm³/mol. The third-order valence-electron chi connectivity index (χ3n) is 4.44. The van der Waals surface area contributed by atoms with E-state index >= 15 is 0 Å². The van der Waals surface area contributed by atoms with Gasteiger partial charge in [0.1, 0.15) is 0 Å². The highest BCUT2D eigenvalue weighted by atomic mass is 32.2. The minimum absolute atomic E-state index is 0.129. The van der Waals surface area contributed by atoms with Crippen LogP contribution < -0.4 is 4.74 Å². The average Bonchev–Trinajstić information content (AvgIpc) is 3.06. The Balaban J connectivity index is 1.63. The van der Waals surface area contributed by atoms with E-state index in [0.29, 0.717) is 15.7 Å². The maximum atomic E-state index is 11.8. The lowest BCUT2D eigenvalue weighted by molar-refractivity contribution is 0.202. The molecule has 1 fully saturated rings. The lowest BCUT2D eigenvalue weighted by atomic mass is 9.94. The van der Waals surface area contributed by atoms with Gasteiger partial charge in [0.2, 0.25) is 0 Å².